The number of pyridine rings is 1. The number of rotatable bonds is 5. The van der Waals surface area contributed by atoms with E-state index in [1.165, 1.54) is 0 Å². The van der Waals surface area contributed by atoms with Crippen molar-refractivity contribution in [2.45, 2.75) is 20.3 Å². The first-order valence-corrected chi connectivity index (χ1v) is 8.71. The van der Waals surface area contributed by atoms with Crippen molar-refractivity contribution >= 4 is 28.5 Å². The van der Waals surface area contributed by atoms with Crippen molar-refractivity contribution in [2.24, 2.45) is 0 Å². The highest BCUT2D eigenvalue weighted by molar-refractivity contribution is 6.00. The maximum Gasteiger partial charge on any atom is 0.340 e. The van der Waals surface area contributed by atoms with Gasteiger partial charge in [0.1, 0.15) is 11.6 Å². The monoisotopic (exact) mass is 384 g/mol. The van der Waals surface area contributed by atoms with Crippen LogP contribution in [0.1, 0.15) is 28.5 Å². The fraction of sp³-hybridized carbons (Fsp3) is 0.190. The SMILES string of the molecule is CCc1nc2ccccc2c(C)c1C(=O)OCC(=O)Nc1ccc(F)cc1F. The number of carbonyl (C=O) groups is 2. The first-order valence-electron chi connectivity index (χ1n) is 8.71. The number of ether oxygens (including phenoxy) is 1. The molecule has 3 rings (SSSR count). The molecule has 0 atom stereocenters. The van der Waals surface area contributed by atoms with Gasteiger partial charge in [-0.3, -0.25) is 9.78 Å². The number of aryl methyl sites for hydroxylation is 2. The zero-order valence-electron chi connectivity index (χ0n) is 15.4. The lowest BCUT2D eigenvalue weighted by molar-refractivity contribution is -0.119. The van der Waals surface area contributed by atoms with Crippen LogP contribution < -0.4 is 5.32 Å². The number of amides is 1. The molecule has 0 bridgehead atoms. The Kier molecular flexibility index (Phi) is 5.63. The smallest absolute Gasteiger partial charge is 0.340 e. The van der Waals surface area contributed by atoms with Gasteiger partial charge in [-0.05, 0) is 37.1 Å². The summed E-state index contributed by atoms with van der Waals surface area (Å²) in [5.74, 6) is -3.08. The van der Waals surface area contributed by atoms with Gasteiger partial charge in [-0.15, -0.1) is 0 Å². The molecule has 0 saturated heterocycles. The van der Waals surface area contributed by atoms with E-state index >= 15 is 0 Å². The fourth-order valence-electron chi connectivity index (χ4n) is 2.95. The Morgan fingerprint density at radius 3 is 2.61 bits per heavy atom. The number of nitrogens with one attached hydrogen (secondary N) is 1. The Hall–Kier alpha value is -3.35. The first kappa shape index (κ1) is 19.4. The normalized spacial score (nSPS) is 10.7. The minimum atomic E-state index is -0.914. The maximum absolute atomic E-state index is 13.6. The number of hydrogen-bond acceptors (Lipinski definition) is 4. The topological polar surface area (TPSA) is 68.3 Å². The van der Waals surface area contributed by atoms with Crippen LogP contribution in [-0.2, 0) is 16.0 Å². The number of benzene rings is 2. The van der Waals surface area contributed by atoms with Gasteiger partial charge in [0.05, 0.1) is 22.5 Å². The summed E-state index contributed by atoms with van der Waals surface area (Å²) in [6.45, 7) is 3.07. The highest BCUT2D eigenvalue weighted by Crippen LogP contribution is 2.24. The van der Waals surface area contributed by atoms with E-state index in [0.29, 0.717) is 23.7 Å². The number of fused-ring (bicyclic) bond motifs is 1. The predicted octanol–water partition coefficient (Wildman–Crippen LogP) is 4.18. The van der Waals surface area contributed by atoms with E-state index in [9.17, 15) is 18.4 Å². The Balaban J connectivity index is 1.76. The average molecular weight is 384 g/mol. The highest BCUT2D eigenvalue weighted by Gasteiger charge is 2.20. The summed E-state index contributed by atoms with van der Waals surface area (Å²) >= 11 is 0. The Morgan fingerprint density at radius 1 is 1.14 bits per heavy atom. The summed E-state index contributed by atoms with van der Waals surface area (Å²) in [5, 5.41) is 3.07. The molecule has 0 fully saturated rings. The summed E-state index contributed by atoms with van der Waals surface area (Å²) in [7, 11) is 0. The molecule has 0 unspecified atom stereocenters. The van der Waals surface area contributed by atoms with Crippen molar-refractivity contribution in [3.63, 3.8) is 0 Å². The van der Waals surface area contributed by atoms with Crippen LogP contribution in [0.4, 0.5) is 14.5 Å². The van der Waals surface area contributed by atoms with Gasteiger partial charge < -0.3 is 10.1 Å². The third-order valence-corrected chi connectivity index (χ3v) is 4.31. The largest absolute Gasteiger partial charge is 0.452 e. The van der Waals surface area contributed by atoms with Crippen LogP contribution in [0, 0.1) is 18.6 Å². The van der Waals surface area contributed by atoms with Crippen LogP contribution in [-0.4, -0.2) is 23.5 Å². The Bertz CT molecular complexity index is 1070. The molecular formula is C21H18F2N2O3. The molecule has 1 N–H and O–H groups in total. The minimum absolute atomic E-state index is 0.194. The van der Waals surface area contributed by atoms with E-state index < -0.39 is 30.1 Å². The maximum atomic E-state index is 13.6. The molecule has 5 nitrogen and oxygen atoms in total. The molecule has 1 aromatic heterocycles. The van der Waals surface area contributed by atoms with Crippen molar-refractivity contribution in [3.8, 4) is 0 Å². The second-order valence-electron chi connectivity index (χ2n) is 6.18. The Morgan fingerprint density at radius 2 is 1.89 bits per heavy atom. The number of hydrogen-bond donors (Lipinski definition) is 1. The number of para-hydroxylation sites is 1. The fourth-order valence-corrected chi connectivity index (χ4v) is 2.95. The van der Waals surface area contributed by atoms with Crippen LogP contribution in [0.3, 0.4) is 0 Å². The molecule has 0 aliphatic heterocycles. The second kappa shape index (κ2) is 8.12. The lowest BCUT2D eigenvalue weighted by atomic mass is 10.0. The van der Waals surface area contributed by atoms with Gasteiger partial charge >= 0.3 is 5.97 Å². The van der Waals surface area contributed by atoms with Gasteiger partial charge in [-0.2, -0.15) is 0 Å². The van der Waals surface area contributed by atoms with Crippen LogP contribution in [0.5, 0.6) is 0 Å². The van der Waals surface area contributed by atoms with Gasteiger partial charge in [-0.25, -0.2) is 13.6 Å². The van der Waals surface area contributed by atoms with Crippen LogP contribution >= 0.6 is 0 Å². The molecule has 2 aromatic carbocycles. The number of nitrogens with zero attached hydrogens (tertiary/aromatic N) is 1. The van der Waals surface area contributed by atoms with E-state index in [1.54, 1.807) is 6.92 Å². The number of halogens is 2. The predicted molar refractivity (Wildman–Crippen MR) is 101 cm³/mol. The number of esters is 1. The quantitative estimate of drug-likeness (QED) is 0.670. The standard InChI is InChI=1S/C21H18F2N2O3/c1-3-16-20(12(2)14-6-4-5-7-17(14)24-16)21(27)28-11-19(26)25-18-9-8-13(22)10-15(18)23/h4-10H,3,11H2,1-2H3,(H,25,26). The molecule has 144 valence electrons. The van der Waals surface area contributed by atoms with Gasteiger partial charge in [0.25, 0.3) is 5.91 Å². The van der Waals surface area contributed by atoms with Gasteiger partial charge in [0.2, 0.25) is 0 Å². The minimum Gasteiger partial charge on any atom is -0.452 e. The third-order valence-electron chi connectivity index (χ3n) is 4.31. The first-order chi connectivity index (χ1) is 13.4. The van der Waals surface area contributed by atoms with Crippen molar-refractivity contribution in [1.29, 1.82) is 0 Å². The zero-order chi connectivity index (χ0) is 20.3. The van der Waals surface area contributed by atoms with Crippen molar-refractivity contribution in [1.82, 2.24) is 4.98 Å². The summed E-state index contributed by atoms with van der Waals surface area (Å²) < 4.78 is 31.6. The zero-order valence-corrected chi connectivity index (χ0v) is 15.4. The van der Waals surface area contributed by atoms with E-state index in [-0.39, 0.29) is 5.69 Å². The van der Waals surface area contributed by atoms with E-state index in [0.717, 1.165) is 28.6 Å². The third kappa shape index (κ3) is 3.98. The number of aromatic nitrogens is 1. The molecule has 1 heterocycles. The van der Waals surface area contributed by atoms with E-state index in [2.05, 4.69) is 10.3 Å². The number of anilines is 1. The van der Waals surface area contributed by atoms with Crippen LogP contribution in [0.25, 0.3) is 10.9 Å². The molecule has 1 amide bonds. The van der Waals surface area contributed by atoms with Crippen molar-refractivity contribution in [2.75, 3.05) is 11.9 Å². The summed E-state index contributed by atoms with van der Waals surface area (Å²) in [6.07, 6.45) is 0.517. The number of carbonyl (C=O) groups excluding carboxylic acids is 2. The van der Waals surface area contributed by atoms with Crippen LogP contribution in [0.15, 0.2) is 42.5 Å². The Labute approximate surface area is 160 Å². The molecule has 0 saturated carbocycles. The molecular weight excluding hydrogens is 366 g/mol. The molecule has 28 heavy (non-hydrogen) atoms. The van der Waals surface area contributed by atoms with Gasteiger partial charge in [0, 0.05) is 11.5 Å². The van der Waals surface area contributed by atoms with E-state index in [1.807, 2.05) is 31.2 Å². The molecule has 3 aromatic rings. The van der Waals surface area contributed by atoms with Crippen LogP contribution in [0.2, 0.25) is 0 Å². The molecule has 0 aliphatic carbocycles. The lowest BCUT2D eigenvalue weighted by Crippen LogP contribution is -2.22. The lowest BCUT2D eigenvalue weighted by Gasteiger charge is -2.13. The highest BCUT2D eigenvalue weighted by atomic mass is 19.1. The summed E-state index contributed by atoms with van der Waals surface area (Å²) in [4.78, 5) is 29.1. The molecule has 0 spiro atoms. The summed E-state index contributed by atoms with van der Waals surface area (Å²) in [5.41, 5.74) is 2.20. The van der Waals surface area contributed by atoms with Crippen molar-refractivity contribution < 1.29 is 23.1 Å². The summed E-state index contributed by atoms with van der Waals surface area (Å²) in [6, 6.07) is 10.2. The van der Waals surface area contributed by atoms with E-state index in [4.69, 9.17) is 4.74 Å². The molecule has 7 heteroatoms. The average Bonchev–Trinajstić information content (AvgIpc) is 2.68. The molecule has 0 radical (unpaired) electrons. The van der Waals surface area contributed by atoms with Gasteiger partial charge in [-0.1, -0.05) is 25.1 Å². The van der Waals surface area contributed by atoms with Crippen molar-refractivity contribution in [3.05, 3.63) is 70.9 Å². The second-order valence-corrected chi connectivity index (χ2v) is 6.18. The van der Waals surface area contributed by atoms with Gasteiger partial charge in [0.15, 0.2) is 6.61 Å². The molecule has 0 aliphatic rings.